The highest BCUT2D eigenvalue weighted by molar-refractivity contribution is 5.14. The fraction of sp³-hybridized carbons (Fsp3) is 0.684. The molecule has 2 rings (SSSR count). The Bertz CT molecular complexity index is 412. The van der Waals surface area contributed by atoms with Crippen LogP contribution >= 0.6 is 0 Å². The van der Waals surface area contributed by atoms with Crippen molar-refractivity contribution in [2.24, 2.45) is 0 Å². The fourth-order valence-electron chi connectivity index (χ4n) is 2.69. The van der Waals surface area contributed by atoms with E-state index in [4.69, 9.17) is 4.74 Å². The van der Waals surface area contributed by atoms with Crippen molar-refractivity contribution in [2.75, 3.05) is 32.8 Å². The van der Waals surface area contributed by atoms with Crippen LogP contribution in [0.4, 0.5) is 0 Å². The van der Waals surface area contributed by atoms with Gasteiger partial charge in [0.1, 0.15) is 6.61 Å². The van der Waals surface area contributed by atoms with Gasteiger partial charge in [-0.3, -0.25) is 10.6 Å². The average molecular weight is 319 g/mol. The number of nitrogens with zero attached hydrogens (tertiary/aromatic N) is 1. The van der Waals surface area contributed by atoms with E-state index in [0.717, 1.165) is 26.2 Å². The molecular weight excluding hydrogens is 286 g/mol. The highest BCUT2D eigenvalue weighted by atomic mass is 16.6. The largest absolute Gasteiger partial charge is 0.339 e. The first-order valence-electron chi connectivity index (χ1n) is 9.18. The number of hydrogen-bond donors (Lipinski definition) is 2. The predicted octanol–water partition coefficient (Wildman–Crippen LogP) is 2.95. The van der Waals surface area contributed by atoms with E-state index >= 15 is 0 Å². The number of epoxide rings is 1. The van der Waals surface area contributed by atoms with Gasteiger partial charge in [0.15, 0.2) is 5.85 Å². The molecule has 1 unspecified atom stereocenters. The number of ether oxygens (including phenoxy) is 1. The molecule has 0 amide bonds. The molecule has 1 atom stereocenters. The third-order valence-electron chi connectivity index (χ3n) is 4.35. The van der Waals surface area contributed by atoms with E-state index in [1.165, 1.54) is 44.3 Å². The molecule has 0 bridgehead atoms. The van der Waals surface area contributed by atoms with Crippen molar-refractivity contribution in [1.29, 1.82) is 0 Å². The molecule has 4 nitrogen and oxygen atoms in total. The molecule has 1 aromatic carbocycles. The first kappa shape index (κ1) is 18.4. The summed E-state index contributed by atoms with van der Waals surface area (Å²) in [5.74, 6) is -0.295. The first-order valence-corrected chi connectivity index (χ1v) is 9.18. The summed E-state index contributed by atoms with van der Waals surface area (Å²) >= 11 is 0. The molecule has 1 saturated heterocycles. The van der Waals surface area contributed by atoms with E-state index in [1.807, 2.05) is 6.07 Å². The summed E-state index contributed by atoms with van der Waals surface area (Å²) in [6.45, 7) is 10.6. The van der Waals surface area contributed by atoms with Crippen molar-refractivity contribution in [2.45, 2.75) is 51.9 Å². The summed E-state index contributed by atoms with van der Waals surface area (Å²) in [5.41, 5.74) is 1.29. The van der Waals surface area contributed by atoms with Crippen LogP contribution in [0.1, 0.15) is 45.1 Å². The van der Waals surface area contributed by atoms with E-state index in [1.54, 1.807) is 0 Å². The maximum absolute atomic E-state index is 5.62. The third kappa shape index (κ3) is 7.00. The summed E-state index contributed by atoms with van der Waals surface area (Å²) < 4.78 is 5.62. The Balaban J connectivity index is 1.66. The molecule has 1 aliphatic rings. The van der Waals surface area contributed by atoms with Crippen LogP contribution in [0, 0.1) is 0 Å². The van der Waals surface area contributed by atoms with Crippen LogP contribution in [0.2, 0.25) is 0 Å². The molecule has 1 heterocycles. The first-order chi connectivity index (χ1) is 11.3. The van der Waals surface area contributed by atoms with Crippen LogP contribution in [-0.2, 0) is 11.3 Å². The van der Waals surface area contributed by atoms with Gasteiger partial charge >= 0.3 is 0 Å². The number of nitrogens with one attached hydrogen (secondary N) is 2. The second-order valence-electron chi connectivity index (χ2n) is 6.43. The molecule has 1 fully saturated rings. The minimum atomic E-state index is -0.295. The number of benzene rings is 1. The molecule has 2 N–H and O–H groups in total. The minimum absolute atomic E-state index is 0.295. The van der Waals surface area contributed by atoms with Gasteiger partial charge in [0.05, 0.1) is 0 Å². The van der Waals surface area contributed by atoms with Gasteiger partial charge in [-0.1, -0.05) is 57.0 Å². The lowest BCUT2D eigenvalue weighted by molar-refractivity contribution is 0.190. The lowest BCUT2D eigenvalue weighted by atomic mass is 10.2. The van der Waals surface area contributed by atoms with Crippen molar-refractivity contribution in [1.82, 2.24) is 15.5 Å². The Kier molecular flexibility index (Phi) is 8.03. The van der Waals surface area contributed by atoms with Crippen molar-refractivity contribution in [3.05, 3.63) is 35.9 Å². The van der Waals surface area contributed by atoms with Gasteiger partial charge in [0, 0.05) is 19.6 Å². The van der Waals surface area contributed by atoms with Gasteiger partial charge in [-0.15, -0.1) is 0 Å². The second kappa shape index (κ2) is 10.0. The maximum atomic E-state index is 5.62. The quantitative estimate of drug-likeness (QED) is 0.433. The van der Waals surface area contributed by atoms with E-state index in [2.05, 4.69) is 53.6 Å². The van der Waals surface area contributed by atoms with Gasteiger partial charge < -0.3 is 9.64 Å². The molecule has 23 heavy (non-hydrogen) atoms. The summed E-state index contributed by atoms with van der Waals surface area (Å²) in [6, 6.07) is 10.5. The van der Waals surface area contributed by atoms with Crippen LogP contribution < -0.4 is 10.6 Å². The molecule has 130 valence electrons. The SMILES string of the molecule is CCCCN(CCCC)CCNC1(NCc2ccccc2)CO1. The van der Waals surface area contributed by atoms with Crippen LogP contribution in [0.3, 0.4) is 0 Å². The maximum Gasteiger partial charge on any atom is 0.199 e. The lowest BCUT2D eigenvalue weighted by Crippen LogP contribution is -2.48. The molecule has 0 radical (unpaired) electrons. The molecule has 0 aromatic heterocycles. The smallest absolute Gasteiger partial charge is 0.199 e. The van der Waals surface area contributed by atoms with Gasteiger partial charge in [-0.05, 0) is 31.5 Å². The minimum Gasteiger partial charge on any atom is -0.339 e. The summed E-state index contributed by atoms with van der Waals surface area (Å²) in [5, 5.41) is 7.04. The molecule has 0 aliphatic carbocycles. The zero-order valence-electron chi connectivity index (χ0n) is 14.8. The average Bonchev–Trinajstić information content (AvgIpc) is 3.36. The predicted molar refractivity (Wildman–Crippen MR) is 96.2 cm³/mol. The van der Waals surface area contributed by atoms with Crippen molar-refractivity contribution in [3.63, 3.8) is 0 Å². The van der Waals surface area contributed by atoms with Crippen molar-refractivity contribution in [3.8, 4) is 0 Å². The Morgan fingerprint density at radius 1 is 1.00 bits per heavy atom. The van der Waals surface area contributed by atoms with Gasteiger partial charge in [-0.25, -0.2) is 0 Å². The standard InChI is InChI=1S/C19H33N3O/c1-3-5-13-22(14-6-4-2)15-12-20-19(17-23-19)21-16-18-10-8-7-9-11-18/h7-11,20-21H,3-6,12-17H2,1-2H3. The van der Waals surface area contributed by atoms with Crippen molar-refractivity contribution >= 4 is 0 Å². The van der Waals surface area contributed by atoms with E-state index in [-0.39, 0.29) is 5.85 Å². The van der Waals surface area contributed by atoms with Gasteiger partial charge in [-0.2, -0.15) is 0 Å². The molecule has 1 aliphatic heterocycles. The van der Waals surface area contributed by atoms with Crippen LogP contribution in [0.15, 0.2) is 30.3 Å². The summed E-state index contributed by atoms with van der Waals surface area (Å²) in [4.78, 5) is 2.58. The van der Waals surface area contributed by atoms with Crippen LogP contribution in [-0.4, -0.2) is 43.5 Å². The molecular formula is C19H33N3O. The fourth-order valence-corrected chi connectivity index (χ4v) is 2.69. The number of hydrogen-bond acceptors (Lipinski definition) is 4. The normalized spacial score (nSPS) is 20.1. The highest BCUT2D eigenvalue weighted by Crippen LogP contribution is 2.20. The van der Waals surface area contributed by atoms with Gasteiger partial charge in [0.2, 0.25) is 0 Å². The van der Waals surface area contributed by atoms with E-state index in [0.29, 0.717) is 0 Å². The molecule has 0 saturated carbocycles. The Labute approximate surface area is 141 Å². The lowest BCUT2D eigenvalue weighted by Gasteiger charge is -2.23. The Hall–Kier alpha value is -0.940. The zero-order valence-corrected chi connectivity index (χ0v) is 14.8. The summed E-state index contributed by atoms with van der Waals surface area (Å²) in [7, 11) is 0. The molecule has 0 spiro atoms. The number of rotatable bonds is 13. The van der Waals surface area contributed by atoms with Crippen molar-refractivity contribution < 1.29 is 4.74 Å². The molecule has 1 aromatic rings. The number of unbranched alkanes of at least 4 members (excludes halogenated alkanes) is 2. The second-order valence-corrected chi connectivity index (χ2v) is 6.43. The third-order valence-corrected chi connectivity index (χ3v) is 4.35. The molecule has 4 heteroatoms. The Morgan fingerprint density at radius 3 is 2.22 bits per heavy atom. The van der Waals surface area contributed by atoms with Crippen LogP contribution in [0.25, 0.3) is 0 Å². The van der Waals surface area contributed by atoms with Crippen LogP contribution in [0.5, 0.6) is 0 Å². The highest BCUT2D eigenvalue weighted by Gasteiger charge is 2.43. The van der Waals surface area contributed by atoms with E-state index in [9.17, 15) is 0 Å². The topological polar surface area (TPSA) is 39.8 Å². The van der Waals surface area contributed by atoms with Gasteiger partial charge in [0.25, 0.3) is 0 Å². The monoisotopic (exact) mass is 319 g/mol. The zero-order chi connectivity index (χ0) is 16.4. The Morgan fingerprint density at radius 2 is 1.65 bits per heavy atom. The summed E-state index contributed by atoms with van der Waals surface area (Å²) in [6.07, 6.45) is 5.11. The van der Waals surface area contributed by atoms with E-state index < -0.39 is 0 Å².